The van der Waals surface area contributed by atoms with Crippen LogP contribution in [-0.2, 0) is 22.4 Å². The number of ether oxygens (including phenoxy) is 2. The Kier molecular flexibility index (Phi) is 6.79. The average Bonchev–Trinajstić information content (AvgIpc) is 3.00. The van der Waals surface area contributed by atoms with Gasteiger partial charge in [0.15, 0.2) is 11.5 Å². The summed E-state index contributed by atoms with van der Waals surface area (Å²) < 4.78 is 10.5. The van der Waals surface area contributed by atoms with E-state index in [-0.39, 0.29) is 6.42 Å². The fourth-order valence-corrected chi connectivity index (χ4v) is 3.47. The fourth-order valence-electron chi connectivity index (χ4n) is 3.47. The smallest absolute Gasteiger partial charge is 0.344 e. The van der Waals surface area contributed by atoms with Crippen molar-refractivity contribution in [2.75, 3.05) is 14.2 Å². The quantitative estimate of drug-likeness (QED) is 0.602. The lowest BCUT2D eigenvalue weighted by Gasteiger charge is -2.21. The number of aryl methyl sites for hydroxylation is 2. The molecule has 0 aromatic heterocycles. The van der Waals surface area contributed by atoms with Crippen molar-refractivity contribution in [2.24, 2.45) is 0 Å². The minimum Gasteiger partial charge on any atom is -0.493 e. The number of nitrogens with zero attached hydrogens (tertiary/aromatic N) is 1. The lowest BCUT2D eigenvalue weighted by Crippen LogP contribution is -2.49. The highest BCUT2D eigenvalue weighted by Gasteiger charge is 2.48. The van der Waals surface area contributed by atoms with Gasteiger partial charge in [0.2, 0.25) is 5.91 Å². The summed E-state index contributed by atoms with van der Waals surface area (Å²) in [6.45, 7) is 1.67. The number of amides is 4. The molecule has 0 aliphatic carbocycles. The molecule has 3 rings (SSSR count). The van der Waals surface area contributed by atoms with Crippen LogP contribution in [0.4, 0.5) is 4.79 Å². The summed E-state index contributed by atoms with van der Waals surface area (Å²) in [5.41, 5.74) is 3.31. The van der Waals surface area contributed by atoms with Crippen LogP contribution in [0.3, 0.4) is 0 Å². The molecule has 1 saturated heterocycles. The van der Waals surface area contributed by atoms with E-state index in [0.29, 0.717) is 30.8 Å². The Hall–Kier alpha value is -3.55. The Bertz CT molecular complexity index is 963. The Morgan fingerprint density at radius 3 is 2.39 bits per heavy atom. The molecule has 1 fully saturated rings. The third-order valence-electron chi connectivity index (χ3n) is 5.34. The summed E-state index contributed by atoms with van der Waals surface area (Å²) in [4.78, 5) is 37.5. The van der Waals surface area contributed by atoms with E-state index in [1.54, 1.807) is 33.3 Å². The predicted molar refractivity (Wildman–Crippen MR) is 115 cm³/mol. The Morgan fingerprint density at radius 1 is 1.00 bits per heavy atom. The van der Waals surface area contributed by atoms with E-state index >= 15 is 0 Å². The highest BCUT2D eigenvalue weighted by atomic mass is 16.5. The summed E-state index contributed by atoms with van der Waals surface area (Å²) in [6, 6.07) is 14.5. The van der Waals surface area contributed by atoms with Crippen molar-refractivity contribution >= 4 is 17.8 Å². The van der Waals surface area contributed by atoms with Gasteiger partial charge in [-0.25, -0.2) is 4.79 Å². The zero-order chi connectivity index (χ0) is 22.4. The topological polar surface area (TPSA) is 97.0 Å². The summed E-state index contributed by atoms with van der Waals surface area (Å²) in [6.07, 6.45) is 1.58. The first-order chi connectivity index (χ1) is 14.9. The maximum atomic E-state index is 12.8. The van der Waals surface area contributed by atoms with Crippen molar-refractivity contribution in [3.8, 4) is 11.5 Å². The third-order valence-corrected chi connectivity index (χ3v) is 5.34. The van der Waals surface area contributed by atoms with Gasteiger partial charge < -0.3 is 14.8 Å². The maximum Gasteiger partial charge on any atom is 0.344 e. The van der Waals surface area contributed by atoms with Crippen LogP contribution in [0.25, 0.3) is 0 Å². The van der Waals surface area contributed by atoms with Crippen LogP contribution in [0, 0.1) is 0 Å². The molecule has 4 amide bonds. The third kappa shape index (κ3) is 5.14. The van der Waals surface area contributed by atoms with Crippen LogP contribution in [0.5, 0.6) is 11.5 Å². The van der Waals surface area contributed by atoms with Gasteiger partial charge in [0.1, 0.15) is 5.54 Å². The SMILES string of the molecule is COc1ccc(CCC(=O)NN2C(=O)NC(C)(CCc3ccccc3)C2=O)cc1OC. The molecule has 1 heterocycles. The Balaban J connectivity index is 1.56. The summed E-state index contributed by atoms with van der Waals surface area (Å²) in [5.74, 6) is 0.284. The number of carbonyl (C=O) groups is 3. The number of imide groups is 1. The number of rotatable bonds is 9. The van der Waals surface area contributed by atoms with Crippen LogP contribution in [0.15, 0.2) is 48.5 Å². The number of benzene rings is 2. The molecule has 2 aromatic rings. The van der Waals surface area contributed by atoms with Crippen LogP contribution in [0.2, 0.25) is 0 Å². The first kappa shape index (κ1) is 22.1. The van der Waals surface area contributed by atoms with Crippen LogP contribution in [-0.4, -0.2) is 42.6 Å². The van der Waals surface area contributed by atoms with E-state index in [4.69, 9.17) is 9.47 Å². The van der Waals surface area contributed by atoms with E-state index in [1.807, 2.05) is 36.4 Å². The molecule has 8 nitrogen and oxygen atoms in total. The minimum absolute atomic E-state index is 0.104. The van der Waals surface area contributed by atoms with Crippen LogP contribution in [0.1, 0.15) is 30.9 Å². The van der Waals surface area contributed by atoms with E-state index < -0.39 is 23.4 Å². The molecule has 1 atom stereocenters. The number of methoxy groups -OCH3 is 2. The Morgan fingerprint density at radius 2 is 1.71 bits per heavy atom. The highest BCUT2D eigenvalue weighted by molar-refractivity contribution is 6.07. The van der Waals surface area contributed by atoms with Gasteiger partial charge in [0.05, 0.1) is 14.2 Å². The molecule has 0 saturated carbocycles. The molecule has 0 bridgehead atoms. The molecule has 2 N–H and O–H groups in total. The normalized spacial score (nSPS) is 18.0. The van der Waals surface area contributed by atoms with E-state index in [2.05, 4.69) is 10.7 Å². The summed E-state index contributed by atoms with van der Waals surface area (Å²) in [5, 5.41) is 3.48. The first-order valence-electron chi connectivity index (χ1n) is 10.1. The zero-order valence-electron chi connectivity index (χ0n) is 17.9. The largest absolute Gasteiger partial charge is 0.493 e. The van der Waals surface area contributed by atoms with E-state index in [9.17, 15) is 14.4 Å². The van der Waals surface area contributed by atoms with Gasteiger partial charge in [-0.15, -0.1) is 0 Å². The van der Waals surface area contributed by atoms with Crippen molar-refractivity contribution < 1.29 is 23.9 Å². The number of urea groups is 1. The maximum absolute atomic E-state index is 12.8. The summed E-state index contributed by atoms with van der Waals surface area (Å²) >= 11 is 0. The molecular formula is C23H27N3O5. The number of carbonyl (C=O) groups excluding carboxylic acids is 3. The summed E-state index contributed by atoms with van der Waals surface area (Å²) in [7, 11) is 3.09. The molecule has 0 spiro atoms. The van der Waals surface area contributed by atoms with Gasteiger partial charge in [0.25, 0.3) is 5.91 Å². The van der Waals surface area contributed by atoms with E-state index in [1.165, 1.54) is 0 Å². The average molecular weight is 425 g/mol. The second-order valence-electron chi connectivity index (χ2n) is 7.61. The molecule has 8 heteroatoms. The highest BCUT2D eigenvalue weighted by Crippen LogP contribution is 2.28. The van der Waals surface area contributed by atoms with Gasteiger partial charge in [-0.1, -0.05) is 36.4 Å². The number of hydrogen-bond donors (Lipinski definition) is 2. The van der Waals surface area contributed by atoms with Gasteiger partial charge in [-0.2, -0.15) is 5.01 Å². The van der Waals surface area contributed by atoms with E-state index in [0.717, 1.165) is 16.1 Å². The predicted octanol–water partition coefficient (Wildman–Crippen LogP) is 2.61. The monoisotopic (exact) mass is 425 g/mol. The van der Waals surface area contributed by atoms with Gasteiger partial charge in [0, 0.05) is 6.42 Å². The Labute approximate surface area is 181 Å². The van der Waals surface area contributed by atoms with Crippen molar-refractivity contribution in [3.63, 3.8) is 0 Å². The number of hydrogen-bond acceptors (Lipinski definition) is 5. The number of nitrogens with one attached hydrogen (secondary N) is 2. The lowest BCUT2D eigenvalue weighted by atomic mass is 9.93. The van der Waals surface area contributed by atoms with Crippen LogP contribution < -0.4 is 20.2 Å². The van der Waals surface area contributed by atoms with Crippen LogP contribution >= 0.6 is 0 Å². The van der Waals surface area contributed by atoms with Gasteiger partial charge in [-0.3, -0.25) is 15.0 Å². The van der Waals surface area contributed by atoms with Gasteiger partial charge >= 0.3 is 6.03 Å². The van der Waals surface area contributed by atoms with Crippen molar-refractivity contribution in [2.45, 2.75) is 38.1 Å². The van der Waals surface area contributed by atoms with Gasteiger partial charge in [-0.05, 0) is 49.4 Å². The minimum atomic E-state index is -1.07. The standard InChI is InChI=1S/C23H27N3O5/c1-23(14-13-16-7-5-4-6-8-16)21(28)26(22(29)24-23)25-20(27)12-10-17-9-11-18(30-2)19(15-17)31-3/h4-9,11,15H,10,12-14H2,1-3H3,(H,24,29)(H,25,27). The molecule has 31 heavy (non-hydrogen) atoms. The molecule has 0 radical (unpaired) electrons. The fraction of sp³-hybridized carbons (Fsp3) is 0.348. The molecule has 164 valence electrons. The molecule has 1 aliphatic rings. The van der Waals surface area contributed by atoms with Crippen molar-refractivity contribution in [1.29, 1.82) is 0 Å². The number of hydrazine groups is 1. The molecule has 1 aliphatic heterocycles. The zero-order valence-corrected chi connectivity index (χ0v) is 17.9. The molecule has 2 aromatic carbocycles. The lowest BCUT2D eigenvalue weighted by molar-refractivity contribution is -0.138. The molecular weight excluding hydrogens is 398 g/mol. The second kappa shape index (κ2) is 9.51. The molecule has 1 unspecified atom stereocenters. The second-order valence-corrected chi connectivity index (χ2v) is 7.61. The first-order valence-corrected chi connectivity index (χ1v) is 10.1. The van der Waals surface area contributed by atoms with Crippen molar-refractivity contribution in [1.82, 2.24) is 15.8 Å². The van der Waals surface area contributed by atoms with Crippen molar-refractivity contribution in [3.05, 3.63) is 59.7 Å².